The summed E-state index contributed by atoms with van der Waals surface area (Å²) in [7, 11) is 0. The molecule has 0 unspecified atom stereocenters. The van der Waals surface area contributed by atoms with Gasteiger partial charge in [-0.15, -0.1) is 0 Å². The summed E-state index contributed by atoms with van der Waals surface area (Å²) in [6.07, 6.45) is 8.76. The summed E-state index contributed by atoms with van der Waals surface area (Å²) in [5.74, 6) is 0. The largest absolute Gasteiger partial charge is 0.362 e. The number of aromatic nitrogens is 2. The zero-order valence-corrected chi connectivity index (χ0v) is 16.6. The van der Waals surface area contributed by atoms with E-state index in [4.69, 9.17) is 10.2 Å². The molecule has 2 aromatic rings. The highest BCUT2D eigenvalue weighted by Gasteiger charge is 2.24. The predicted molar refractivity (Wildman–Crippen MR) is 109 cm³/mol. The summed E-state index contributed by atoms with van der Waals surface area (Å²) >= 11 is 0. The predicted octanol–water partition coefficient (Wildman–Crippen LogP) is 4.95. The fourth-order valence-electron chi connectivity index (χ4n) is 4.86. The first kappa shape index (κ1) is 17.3. The zero-order valence-electron chi connectivity index (χ0n) is 16.6. The van der Waals surface area contributed by atoms with Crippen LogP contribution in [0.25, 0.3) is 0 Å². The number of aromatic amines is 2. The van der Waals surface area contributed by atoms with Crippen LogP contribution in [0.4, 0.5) is 0 Å². The molecule has 0 aliphatic heterocycles. The second-order valence-corrected chi connectivity index (χ2v) is 7.67. The minimum atomic E-state index is 1.04. The van der Waals surface area contributed by atoms with Crippen LogP contribution in [-0.4, -0.2) is 21.4 Å². The van der Waals surface area contributed by atoms with E-state index in [9.17, 15) is 0 Å². The second-order valence-electron chi connectivity index (χ2n) is 7.67. The minimum absolute atomic E-state index is 1.04. The quantitative estimate of drug-likeness (QED) is 0.736. The monoisotopic (exact) mass is 350 g/mol. The zero-order chi connectivity index (χ0) is 18.3. The molecule has 0 saturated carbocycles. The maximum atomic E-state index is 4.82. The van der Waals surface area contributed by atoms with Gasteiger partial charge in [-0.25, -0.2) is 0 Å². The van der Waals surface area contributed by atoms with Gasteiger partial charge in [0.2, 0.25) is 0 Å². The molecule has 26 heavy (non-hydrogen) atoms. The average molecular weight is 351 g/mol. The highest BCUT2D eigenvalue weighted by molar-refractivity contribution is 6.07. The van der Waals surface area contributed by atoms with Crippen LogP contribution in [0.2, 0.25) is 0 Å². The van der Waals surface area contributed by atoms with E-state index in [1.165, 1.54) is 56.5 Å². The summed E-state index contributed by atoms with van der Waals surface area (Å²) in [5.41, 5.74) is 13.2. The minimum Gasteiger partial charge on any atom is -0.362 e. The van der Waals surface area contributed by atoms with Crippen molar-refractivity contribution in [1.29, 1.82) is 0 Å². The van der Waals surface area contributed by atoms with Crippen LogP contribution in [0.1, 0.15) is 84.6 Å². The number of nitrogens with one attached hydrogen (secondary N) is 2. The van der Waals surface area contributed by atoms with E-state index in [1.54, 1.807) is 0 Å². The Hall–Kier alpha value is -2.10. The van der Waals surface area contributed by atoms with Crippen LogP contribution in [0.15, 0.2) is 10.2 Å². The first-order valence-electron chi connectivity index (χ1n) is 10.2. The van der Waals surface area contributed by atoms with Crippen molar-refractivity contribution in [3.63, 3.8) is 0 Å². The van der Waals surface area contributed by atoms with Crippen molar-refractivity contribution in [3.8, 4) is 0 Å². The van der Waals surface area contributed by atoms with Gasteiger partial charge in [0.1, 0.15) is 0 Å². The Morgan fingerprint density at radius 3 is 1.50 bits per heavy atom. The number of nitrogens with zero attached hydrogens (tertiary/aromatic N) is 2. The van der Waals surface area contributed by atoms with E-state index in [2.05, 4.69) is 37.7 Å². The van der Waals surface area contributed by atoms with E-state index >= 15 is 0 Å². The van der Waals surface area contributed by atoms with E-state index in [0.717, 1.165) is 51.4 Å². The lowest BCUT2D eigenvalue weighted by molar-refractivity contribution is 0.805. The maximum Gasteiger partial charge on any atom is 0.0723 e. The lowest BCUT2D eigenvalue weighted by Crippen LogP contribution is -2.14. The lowest BCUT2D eigenvalue weighted by Gasteiger charge is -2.17. The molecule has 2 aliphatic rings. The molecule has 0 bridgehead atoms. The van der Waals surface area contributed by atoms with Crippen molar-refractivity contribution in [1.82, 2.24) is 9.97 Å². The Morgan fingerprint density at radius 1 is 0.692 bits per heavy atom. The Labute approximate surface area is 156 Å². The van der Waals surface area contributed by atoms with Crippen molar-refractivity contribution in [2.75, 3.05) is 0 Å². The molecular weight excluding hydrogens is 320 g/mol. The number of hydrogen-bond acceptors (Lipinski definition) is 2. The van der Waals surface area contributed by atoms with Crippen LogP contribution in [0.5, 0.6) is 0 Å². The molecule has 0 amide bonds. The van der Waals surface area contributed by atoms with E-state index in [-0.39, 0.29) is 0 Å². The van der Waals surface area contributed by atoms with Gasteiger partial charge in [-0.05, 0) is 76.3 Å². The van der Waals surface area contributed by atoms with Gasteiger partial charge in [-0.3, -0.25) is 0 Å². The molecule has 4 nitrogen and oxygen atoms in total. The number of H-pyrrole nitrogens is 2. The first-order valence-corrected chi connectivity index (χ1v) is 10.2. The fraction of sp³-hybridized carbons (Fsp3) is 0.545. The number of hydrogen-bond donors (Lipinski definition) is 2. The highest BCUT2D eigenvalue weighted by atomic mass is 15.2. The van der Waals surface area contributed by atoms with Crippen LogP contribution >= 0.6 is 0 Å². The van der Waals surface area contributed by atoms with Gasteiger partial charge in [0, 0.05) is 33.9 Å². The summed E-state index contributed by atoms with van der Waals surface area (Å²) < 4.78 is 0. The van der Waals surface area contributed by atoms with Crippen molar-refractivity contribution in [3.05, 3.63) is 45.0 Å². The third-order valence-corrected chi connectivity index (χ3v) is 6.05. The Bertz CT molecular complexity index is 818. The molecular formula is C22H30N4. The SMILES string of the molecule is CCc1c(C)[nH]c2c1C(=NN=C1CCCc3[nH]c(C)c(CC)c31)CCC2. The van der Waals surface area contributed by atoms with Crippen LogP contribution in [0.3, 0.4) is 0 Å². The van der Waals surface area contributed by atoms with Gasteiger partial charge in [-0.2, -0.15) is 10.2 Å². The fourth-order valence-corrected chi connectivity index (χ4v) is 4.86. The number of fused-ring (bicyclic) bond motifs is 2. The molecule has 2 heterocycles. The van der Waals surface area contributed by atoms with Gasteiger partial charge in [0.15, 0.2) is 0 Å². The molecule has 0 fully saturated rings. The Morgan fingerprint density at radius 2 is 1.12 bits per heavy atom. The average Bonchev–Trinajstić information content (AvgIpc) is 3.14. The summed E-state index contributed by atoms with van der Waals surface area (Å²) in [4.78, 5) is 7.17. The van der Waals surface area contributed by atoms with Crippen LogP contribution in [-0.2, 0) is 25.7 Å². The molecule has 138 valence electrons. The lowest BCUT2D eigenvalue weighted by atomic mass is 9.91. The van der Waals surface area contributed by atoms with Gasteiger partial charge in [-0.1, -0.05) is 13.8 Å². The van der Waals surface area contributed by atoms with Crippen LogP contribution in [0, 0.1) is 13.8 Å². The summed E-state index contributed by atoms with van der Waals surface area (Å²) in [6, 6.07) is 0. The van der Waals surface area contributed by atoms with Crippen molar-refractivity contribution >= 4 is 11.4 Å². The van der Waals surface area contributed by atoms with Gasteiger partial charge >= 0.3 is 0 Å². The molecule has 4 heteroatoms. The third-order valence-electron chi connectivity index (χ3n) is 6.05. The molecule has 0 radical (unpaired) electrons. The molecule has 2 aliphatic carbocycles. The van der Waals surface area contributed by atoms with E-state index in [1.807, 2.05) is 0 Å². The molecule has 2 aromatic heterocycles. The third kappa shape index (κ3) is 2.76. The van der Waals surface area contributed by atoms with Crippen molar-refractivity contribution < 1.29 is 0 Å². The number of rotatable bonds is 3. The first-order chi connectivity index (χ1) is 12.6. The smallest absolute Gasteiger partial charge is 0.0723 e. The van der Waals surface area contributed by atoms with Gasteiger partial charge in [0.25, 0.3) is 0 Å². The van der Waals surface area contributed by atoms with Crippen LogP contribution < -0.4 is 0 Å². The molecule has 0 spiro atoms. The molecule has 2 N–H and O–H groups in total. The maximum absolute atomic E-state index is 4.82. The van der Waals surface area contributed by atoms with Crippen molar-refractivity contribution in [2.45, 2.75) is 79.1 Å². The molecule has 4 rings (SSSR count). The van der Waals surface area contributed by atoms with Crippen molar-refractivity contribution in [2.24, 2.45) is 10.2 Å². The Kier molecular flexibility index (Phi) is 4.60. The molecule has 0 saturated heterocycles. The normalized spacial score (nSPS) is 19.8. The second kappa shape index (κ2) is 6.90. The molecule has 0 atom stereocenters. The highest BCUT2D eigenvalue weighted by Crippen LogP contribution is 2.30. The van der Waals surface area contributed by atoms with E-state index < -0.39 is 0 Å². The van der Waals surface area contributed by atoms with Gasteiger partial charge < -0.3 is 9.97 Å². The summed E-state index contributed by atoms with van der Waals surface area (Å²) in [5, 5.41) is 9.65. The number of aryl methyl sites for hydroxylation is 4. The standard InChI is InChI=1S/C22H30N4/c1-5-15-13(3)23-17-9-7-11-19(21(15)17)25-26-20-12-8-10-18-22(20)16(6-2)14(4)24-18/h23-24H,5-12H2,1-4H3. The summed E-state index contributed by atoms with van der Waals surface area (Å²) in [6.45, 7) is 8.84. The Balaban J connectivity index is 1.77. The molecule has 0 aromatic carbocycles. The topological polar surface area (TPSA) is 56.3 Å². The van der Waals surface area contributed by atoms with E-state index in [0.29, 0.717) is 0 Å². The van der Waals surface area contributed by atoms with Gasteiger partial charge in [0.05, 0.1) is 11.4 Å².